The van der Waals surface area contributed by atoms with Crippen LogP contribution in [0.3, 0.4) is 0 Å². The Bertz CT molecular complexity index is 700. The van der Waals surface area contributed by atoms with Crippen LogP contribution in [-0.4, -0.2) is 6.61 Å². The molecule has 0 aliphatic heterocycles. The molecule has 0 aliphatic rings. The number of rotatable bonds is 5. The summed E-state index contributed by atoms with van der Waals surface area (Å²) in [5.74, 6) is 0.308. The van der Waals surface area contributed by atoms with Crippen molar-refractivity contribution in [3.8, 4) is 17.9 Å². The van der Waals surface area contributed by atoms with Crippen LogP contribution in [0.15, 0.2) is 48.5 Å². The third-order valence-corrected chi connectivity index (χ3v) is 3.39. The molecule has 1 unspecified atom stereocenters. The molecule has 3 nitrogen and oxygen atoms in total. The van der Waals surface area contributed by atoms with E-state index in [4.69, 9.17) is 21.6 Å². The minimum Gasteiger partial charge on any atom is -0.492 e. The lowest BCUT2D eigenvalue weighted by molar-refractivity contribution is 0.306. The van der Waals surface area contributed by atoms with Crippen molar-refractivity contribution < 1.29 is 4.74 Å². The zero-order chi connectivity index (χ0) is 15.1. The fourth-order valence-electron chi connectivity index (χ4n) is 1.98. The maximum atomic E-state index is 9.28. The molecule has 2 aromatic rings. The van der Waals surface area contributed by atoms with Crippen LogP contribution in [-0.2, 0) is 0 Å². The zero-order valence-corrected chi connectivity index (χ0v) is 12.0. The summed E-state index contributed by atoms with van der Waals surface area (Å²) in [6.45, 7) is 0.388. The molecular formula is C17H13ClN2O. The zero-order valence-electron chi connectivity index (χ0n) is 11.3. The van der Waals surface area contributed by atoms with Gasteiger partial charge in [0.05, 0.1) is 35.2 Å². The molecule has 0 N–H and O–H groups in total. The maximum absolute atomic E-state index is 9.28. The van der Waals surface area contributed by atoms with Gasteiger partial charge in [-0.15, -0.1) is 0 Å². The SMILES string of the molecule is N#Cc1cccc(C(C#N)CCOc2ccccc2Cl)c1. The molecule has 4 heteroatoms. The number of ether oxygens (including phenoxy) is 1. The van der Waals surface area contributed by atoms with Crippen LogP contribution in [0.25, 0.3) is 0 Å². The van der Waals surface area contributed by atoms with Gasteiger partial charge in [-0.25, -0.2) is 0 Å². The first-order valence-corrected chi connectivity index (χ1v) is 6.89. The van der Waals surface area contributed by atoms with Crippen LogP contribution < -0.4 is 4.74 Å². The topological polar surface area (TPSA) is 56.8 Å². The molecule has 0 aromatic heterocycles. The van der Waals surface area contributed by atoms with Crippen molar-refractivity contribution in [2.24, 2.45) is 0 Å². The molecule has 0 aliphatic carbocycles. The number of hydrogen-bond donors (Lipinski definition) is 0. The van der Waals surface area contributed by atoms with E-state index in [0.717, 1.165) is 5.56 Å². The number of nitriles is 2. The van der Waals surface area contributed by atoms with Gasteiger partial charge in [0.15, 0.2) is 0 Å². The summed E-state index contributed by atoms with van der Waals surface area (Å²) in [5.41, 5.74) is 1.39. The Hall–Kier alpha value is -2.49. The molecular weight excluding hydrogens is 284 g/mol. The molecule has 21 heavy (non-hydrogen) atoms. The molecule has 0 bridgehead atoms. The number of benzene rings is 2. The fourth-order valence-corrected chi connectivity index (χ4v) is 2.17. The van der Waals surface area contributed by atoms with Gasteiger partial charge in [0.1, 0.15) is 5.75 Å². The van der Waals surface area contributed by atoms with Crippen LogP contribution in [0.2, 0.25) is 5.02 Å². The summed E-state index contributed by atoms with van der Waals surface area (Å²) in [5, 5.41) is 18.7. The highest BCUT2D eigenvalue weighted by Crippen LogP contribution is 2.25. The Morgan fingerprint density at radius 2 is 1.90 bits per heavy atom. The number of nitrogens with zero attached hydrogens (tertiary/aromatic N) is 2. The molecule has 0 radical (unpaired) electrons. The number of halogens is 1. The average molecular weight is 297 g/mol. The monoisotopic (exact) mass is 296 g/mol. The summed E-state index contributed by atoms with van der Waals surface area (Å²) >= 11 is 6.00. The predicted molar refractivity (Wildman–Crippen MR) is 81.1 cm³/mol. The van der Waals surface area contributed by atoms with E-state index < -0.39 is 0 Å². The highest BCUT2D eigenvalue weighted by molar-refractivity contribution is 6.32. The number of para-hydroxylation sites is 1. The normalized spacial score (nSPS) is 11.2. The van der Waals surface area contributed by atoms with Crippen molar-refractivity contribution in [2.75, 3.05) is 6.61 Å². The molecule has 0 heterocycles. The van der Waals surface area contributed by atoms with Gasteiger partial charge >= 0.3 is 0 Å². The first-order chi connectivity index (χ1) is 10.2. The molecule has 104 valence electrons. The lowest BCUT2D eigenvalue weighted by Crippen LogP contribution is -2.05. The first kappa shape index (κ1) is 14.9. The minimum absolute atomic E-state index is 0.305. The molecule has 0 saturated carbocycles. The van der Waals surface area contributed by atoms with E-state index in [1.807, 2.05) is 18.2 Å². The van der Waals surface area contributed by atoms with Gasteiger partial charge < -0.3 is 4.74 Å². The average Bonchev–Trinajstić information content (AvgIpc) is 2.53. The largest absolute Gasteiger partial charge is 0.492 e. The van der Waals surface area contributed by atoms with Crippen LogP contribution in [0, 0.1) is 22.7 Å². The van der Waals surface area contributed by atoms with E-state index in [1.54, 1.807) is 30.3 Å². The van der Waals surface area contributed by atoms with E-state index in [0.29, 0.717) is 29.4 Å². The summed E-state index contributed by atoms with van der Waals surface area (Å²) in [4.78, 5) is 0. The molecule has 2 aromatic carbocycles. The van der Waals surface area contributed by atoms with E-state index in [1.165, 1.54) is 0 Å². The minimum atomic E-state index is -0.305. The van der Waals surface area contributed by atoms with E-state index in [9.17, 15) is 5.26 Å². The smallest absolute Gasteiger partial charge is 0.137 e. The van der Waals surface area contributed by atoms with Gasteiger partial charge in [-0.2, -0.15) is 10.5 Å². The Morgan fingerprint density at radius 3 is 2.62 bits per heavy atom. The maximum Gasteiger partial charge on any atom is 0.137 e. The van der Waals surface area contributed by atoms with E-state index >= 15 is 0 Å². The van der Waals surface area contributed by atoms with Crippen LogP contribution in [0.4, 0.5) is 0 Å². The quantitative estimate of drug-likeness (QED) is 0.827. The van der Waals surface area contributed by atoms with Gasteiger partial charge in [0, 0.05) is 6.42 Å². The Labute approximate surface area is 129 Å². The highest BCUT2D eigenvalue weighted by atomic mass is 35.5. The van der Waals surface area contributed by atoms with Crippen LogP contribution in [0.5, 0.6) is 5.75 Å². The van der Waals surface area contributed by atoms with Gasteiger partial charge in [-0.05, 0) is 29.8 Å². The highest BCUT2D eigenvalue weighted by Gasteiger charge is 2.12. The van der Waals surface area contributed by atoms with Crippen LogP contribution in [0.1, 0.15) is 23.5 Å². The Balaban J connectivity index is 1.99. The van der Waals surface area contributed by atoms with Crippen molar-refractivity contribution in [1.82, 2.24) is 0 Å². The van der Waals surface area contributed by atoms with Crippen molar-refractivity contribution in [3.63, 3.8) is 0 Å². The number of hydrogen-bond acceptors (Lipinski definition) is 3. The van der Waals surface area contributed by atoms with Crippen molar-refractivity contribution in [1.29, 1.82) is 10.5 Å². The lowest BCUT2D eigenvalue weighted by atomic mass is 9.96. The molecule has 0 spiro atoms. The Kier molecular flexibility index (Phi) is 5.21. The van der Waals surface area contributed by atoms with Gasteiger partial charge in [-0.1, -0.05) is 35.9 Å². The Morgan fingerprint density at radius 1 is 1.10 bits per heavy atom. The van der Waals surface area contributed by atoms with Crippen molar-refractivity contribution >= 4 is 11.6 Å². The third kappa shape index (κ3) is 3.99. The summed E-state index contributed by atoms with van der Waals surface area (Å²) in [6.07, 6.45) is 0.538. The third-order valence-electron chi connectivity index (χ3n) is 3.07. The molecule has 0 amide bonds. The fraction of sp³-hybridized carbons (Fsp3) is 0.176. The van der Waals surface area contributed by atoms with Gasteiger partial charge in [-0.3, -0.25) is 0 Å². The van der Waals surface area contributed by atoms with E-state index in [2.05, 4.69) is 12.1 Å². The second kappa shape index (κ2) is 7.33. The molecule has 0 fully saturated rings. The van der Waals surface area contributed by atoms with Crippen LogP contribution >= 0.6 is 11.6 Å². The second-order valence-electron chi connectivity index (χ2n) is 4.49. The standard InChI is InChI=1S/C17H13ClN2O/c18-16-6-1-2-7-17(16)21-9-8-15(12-20)14-5-3-4-13(10-14)11-19/h1-7,10,15H,8-9H2. The lowest BCUT2D eigenvalue weighted by Gasteiger charge is -2.11. The van der Waals surface area contributed by atoms with E-state index in [-0.39, 0.29) is 5.92 Å². The molecule has 1 atom stereocenters. The summed E-state index contributed by atoms with van der Waals surface area (Å²) < 4.78 is 5.60. The van der Waals surface area contributed by atoms with Gasteiger partial charge in [0.25, 0.3) is 0 Å². The first-order valence-electron chi connectivity index (χ1n) is 6.51. The van der Waals surface area contributed by atoms with Crippen molar-refractivity contribution in [3.05, 3.63) is 64.7 Å². The molecule has 2 rings (SSSR count). The van der Waals surface area contributed by atoms with Crippen molar-refractivity contribution in [2.45, 2.75) is 12.3 Å². The summed E-state index contributed by atoms with van der Waals surface area (Å²) in [7, 11) is 0. The second-order valence-corrected chi connectivity index (χ2v) is 4.89. The van der Waals surface area contributed by atoms with Gasteiger partial charge in [0.2, 0.25) is 0 Å². The molecule has 0 saturated heterocycles. The predicted octanol–water partition coefficient (Wildman–Crippen LogP) is 4.29. The summed E-state index contributed by atoms with van der Waals surface area (Å²) in [6, 6.07) is 18.7.